The number of hydrogen-bond donors (Lipinski definition) is 1. The molecule has 23 heavy (non-hydrogen) atoms. The van der Waals surface area contributed by atoms with Crippen LogP contribution in [0.2, 0.25) is 0 Å². The zero-order chi connectivity index (χ0) is 16.1. The summed E-state index contributed by atoms with van der Waals surface area (Å²) in [5.41, 5.74) is 7.85. The molecule has 0 radical (unpaired) electrons. The number of nitrogens with zero attached hydrogens (tertiary/aromatic N) is 2. The van der Waals surface area contributed by atoms with Crippen molar-refractivity contribution in [2.24, 2.45) is 5.73 Å². The van der Waals surface area contributed by atoms with Crippen molar-refractivity contribution in [1.82, 2.24) is 10.1 Å². The van der Waals surface area contributed by atoms with E-state index >= 15 is 0 Å². The number of rotatable bonds is 6. The van der Waals surface area contributed by atoms with E-state index in [2.05, 4.69) is 10.1 Å². The fraction of sp³-hybridized carbons (Fsp3) is 0.167. The molecular formula is C18H17N3O2. The Kier molecular flexibility index (Phi) is 4.47. The molecule has 5 nitrogen and oxygen atoms in total. The van der Waals surface area contributed by atoms with E-state index in [0.29, 0.717) is 17.3 Å². The summed E-state index contributed by atoms with van der Waals surface area (Å²) in [5.74, 6) is 0.847. The Morgan fingerprint density at radius 3 is 2.43 bits per heavy atom. The average Bonchev–Trinajstić information content (AvgIpc) is 3.05. The SMILES string of the molecule is NC(=O)c1ccc(CCCc2nc(-c3ccccc3)no2)cc1. The molecular weight excluding hydrogens is 290 g/mol. The third-order valence-corrected chi connectivity index (χ3v) is 3.59. The van der Waals surface area contributed by atoms with Gasteiger partial charge in [0.25, 0.3) is 0 Å². The lowest BCUT2D eigenvalue weighted by Gasteiger charge is -2.01. The van der Waals surface area contributed by atoms with Gasteiger partial charge >= 0.3 is 0 Å². The molecule has 1 aromatic heterocycles. The van der Waals surface area contributed by atoms with Gasteiger partial charge in [0, 0.05) is 17.5 Å². The second-order valence-electron chi connectivity index (χ2n) is 5.29. The zero-order valence-corrected chi connectivity index (χ0v) is 12.6. The molecule has 0 atom stereocenters. The van der Waals surface area contributed by atoms with E-state index < -0.39 is 5.91 Å². The minimum Gasteiger partial charge on any atom is -0.366 e. The standard InChI is InChI=1S/C18H17N3O2/c19-17(22)14-11-9-13(10-12-14)5-4-8-16-20-18(21-23-16)15-6-2-1-3-7-15/h1-3,6-7,9-12H,4-5,8H2,(H2,19,22). The fourth-order valence-corrected chi connectivity index (χ4v) is 2.34. The van der Waals surface area contributed by atoms with Gasteiger partial charge in [-0.25, -0.2) is 0 Å². The Morgan fingerprint density at radius 1 is 1.00 bits per heavy atom. The van der Waals surface area contributed by atoms with E-state index in [1.165, 1.54) is 0 Å². The average molecular weight is 307 g/mol. The maximum Gasteiger partial charge on any atom is 0.248 e. The molecule has 0 aliphatic carbocycles. The quantitative estimate of drug-likeness (QED) is 0.759. The third kappa shape index (κ3) is 3.83. The smallest absolute Gasteiger partial charge is 0.248 e. The highest BCUT2D eigenvalue weighted by Gasteiger charge is 2.08. The first-order chi connectivity index (χ1) is 11.2. The maximum atomic E-state index is 11.0. The molecule has 0 unspecified atom stereocenters. The van der Waals surface area contributed by atoms with Crippen LogP contribution < -0.4 is 5.73 Å². The van der Waals surface area contributed by atoms with E-state index in [9.17, 15) is 4.79 Å². The first-order valence-corrected chi connectivity index (χ1v) is 7.49. The Hall–Kier alpha value is -2.95. The third-order valence-electron chi connectivity index (χ3n) is 3.59. The minimum absolute atomic E-state index is 0.407. The number of carbonyl (C=O) groups excluding carboxylic acids is 1. The van der Waals surface area contributed by atoms with E-state index in [-0.39, 0.29) is 0 Å². The first kappa shape index (κ1) is 15.0. The summed E-state index contributed by atoms with van der Waals surface area (Å²) in [4.78, 5) is 15.4. The van der Waals surface area contributed by atoms with Gasteiger partial charge < -0.3 is 10.3 Å². The van der Waals surface area contributed by atoms with Crippen LogP contribution in [0.1, 0.15) is 28.2 Å². The summed E-state index contributed by atoms with van der Waals surface area (Å²) < 4.78 is 5.29. The van der Waals surface area contributed by atoms with Crippen molar-refractivity contribution in [3.63, 3.8) is 0 Å². The summed E-state index contributed by atoms with van der Waals surface area (Å²) in [6.45, 7) is 0. The predicted molar refractivity (Wildman–Crippen MR) is 86.7 cm³/mol. The predicted octanol–water partition coefficient (Wildman–Crippen LogP) is 3.01. The summed E-state index contributed by atoms with van der Waals surface area (Å²) in [5, 5.41) is 4.01. The highest BCUT2D eigenvalue weighted by atomic mass is 16.5. The molecule has 3 rings (SSSR count). The fourth-order valence-electron chi connectivity index (χ4n) is 2.34. The van der Waals surface area contributed by atoms with Crippen LogP contribution in [0.15, 0.2) is 59.1 Å². The van der Waals surface area contributed by atoms with Crippen LogP contribution in [0.5, 0.6) is 0 Å². The summed E-state index contributed by atoms with van der Waals surface area (Å²) in [6, 6.07) is 17.1. The number of benzene rings is 2. The van der Waals surface area contributed by atoms with Crippen LogP contribution >= 0.6 is 0 Å². The molecule has 1 amide bonds. The molecule has 0 bridgehead atoms. The van der Waals surface area contributed by atoms with Crippen molar-refractivity contribution in [1.29, 1.82) is 0 Å². The van der Waals surface area contributed by atoms with Crippen LogP contribution in [0.25, 0.3) is 11.4 Å². The van der Waals surface area contributed by atoms with E-state index in [4.69, 9.17) is 10.3 Å². The van der Waals surface area contributed by atoms with Gasteiger partial charge in [-0.05, 0) is 30.5 Å². The second-order valence-corrected chi connectivity index (χ2v) is 5.29. The number of amides is 1. The summed E-state index contributed by atoms with van der Waals surface area (Å²) in [7, 11) is 0. The molecule has 1 heterocycles. The van der Waals surface area contributed by atoms with Crippen molar-refractivity contribution >= 4 is 5.91 Å². The van der Waals surface area contributed by atoms with E-state index in [0.717, 1.165) is 30.4 Å². The van der Waals surface area contributed by atoms with E-state index in [1.807, 2.05) is 42.5 Å². The van der Waals surface area contributed by atoms with Gasteiger partial charge in [-0.3, -0.25) is 4.79 Å². The Balaban J connectivity index is 1.55. The van der Waals surface area contributed by atoms with Gasteiger partial charge in [-0.1, -0.05) is 47.6 Å². The number of nitrogens with two attached hydrogens (primary N) is 1. The Labute approximate surface area is 134 Å². The van der Waals surface area contributed by atoms with Gasteiger partial charge in [-0.15, -0.1) is 0 Å². The largest absolute Gasteiger partial charge is 0.366 e. The molecule has 0 fully saturated rings. The molecule has 3 aromatic rings. The Bertz CT molecular complexity index is 780. The lowest BCUT2D eigenvalue weighted by Crippen LogP contribution is -2.10. The molecule has 0 saturated heterocycles. The van der Waals surface area contributed by atoms with Crippen LogP contribution in [0, 0.1) is 0 Å². The topological polar surface area (TPSA) is 82.0 Å². The number of aryl methyl sites for hydroxylation is 2. The number of hydrogen-bond acceptors (Lipinski definition) is 4. The number of carbonyl (C=O) groups is 1. The van der Waals surface area contributed by atoms with Gasteiger partial charge in [0.2, 0.25) is 17.6 Å². The maximum absolute atomic E-state index is 11.0. The molecule has 2 aromatic carbocycles. The molecule has 116 valence electrons. The zero-order valence-electron chi connectivity index (χ0n) is 12.6. The molecule has 5 heteroatoms. The van der Waals surface area contributed by atoms with Crippen LogP contribution in [-0.2, 0) is 12.8 Å². The molecule has 0 aliphatic heterocycles. The second kappa shape index (κ2) is 6.87. The molecule has 0 saturated carbocycles. The van der Waals surface area contributed by atoms with Crippen molar-refractivity contribution in [3.8, 4) is 11.4 Å². The van der Waals surface area contributed by atoms with Crippen LogP contribution in [0.3, 0.4) is 0 Å². The number of primary amides is 1. The van der Waals surface area contributed by atoms with Crippen molar-refractivity contribution in [2.45, 2.75) is 19.3 Å². The Morgan fingerprint density at radius 2 is 1.74 bits per heavy atom. The van der Waals surface area contributed by atoms with Crippen molar-refractivity contribution in [3.05, 3.63) is 71.6 Å². The van der Waals surface area contributed by atoms with Crippen molar-refractivity contribution in [2.75, 3.05) is 0 Å². The summed E-state index contributed by atoms with van der Waals surface area (Å²) >= 11 is 0. The van der Waals surface area contributed by atoms with Gasteiger partial charge in [0.1, 0.15) is 0 Å². The van der Waals surface area contributed by atoms with Gasteiger partial charge in [0.15, 0.2) is 0 Å². The van der Waals surface area contributed by atoms with Crippen LogP contribution in [-0.4, -0.2) is 16.0 Å². The normalized spacial score (nSPS) is 10.6. The van der Waals surface area contributed by atoms with E-state index in [1.54, 1.807) is 12.1 Å². The lowest BCUT2D eigenvalue weighted by atomic mass is 10.1. The van der Waals surface area contributed by atoms with Crippen molar-refractivity contribution < 1.29 is 9.32 Å². The molecule has 0 spiro atoms. The number of aromatic nitrogens is 2. The summed E-state index contributed by atoms with van der Waals surface area (Å²) in [6.07, 6.45) is 2.49. The van der Waals surface area contributed by atoms with Gasteiger partial charge in [-0.2, -0.15) is 4.98 Å². The molecule has 0 aliphatic rings. The minimum atomic E-state index is -0.407. The first-order valence-electron chi connectivity index (χ1n) is 7.49. The lowest BCUT2D eigenvalue weighted by molar-refractivity contribution is 0.100. The highest BCUT2D eigenvalue weighted by molar-refractivity contribution is 5.92. The molecule has 2 N–H and O–H groups in total. The van der Waals surface area contributed by atoms with Crippen LogP contribution in [0.4, 0.5) is 0 Å². The monoisotopic (exact) mass is 307 g/mol. The van der Waals surface area contributed by atoms with Gasteiger partial charge in [0.05, 0.1) is 0 Å². The highest BCUT2D eigenvalue weighted by Crippen LogP contribution is 2.16.